The van der Waals surface area contributed by atoms with E-state index in [0.29, 0.717) is 5.75 Å². The highest BCUT2D eigenvalue weighted by Crippen LogP contribution is 2.26. The van der Waals surface area contributed by atoms with Gasteiger partial charge in [0, 0.05) is 5.88 Å². The van der Waals surface area contributed by atoms with Gasteiger partial charge in [-0.05, 0) is 23.8 Å². The van der Waals surface area contributed by atoms with Crippen LogP contribution in [0.2, 0.25) is 0 Å². The number of carbonyl (C=O) groups is 1. The Morgan fingerprint density at radius 3 is 2.64 bits per heavy atom. The SMILES string of the molecule is O=C1OC(=CCCl)C(O)=C1OCc1ccc(OCCF)cc1. The predicted molar refractivity (Wildman–Crippen MR) is 77.3 cm³/mol. The van der Waals surface area contributed by atoms with Gasteiger partial charge in [0.2, 0.25) is 5.76 Å². The van der Waals surface area contributed by atoms with Gasteiger partial charge in [0.25, 0.3) is 5.76 Å². The number of allylic oxidation sites excluding steroid dienone is 1. The maximum absolute atomic E-state index is 12.0. The van der Waals surface area contributed by atoms with Gasteiger partial charge in [0.15, 0.2) is 5.76 Å². The smallest absolute Gasteiger partial charge is 0.383 e. The van der Waals surface area contributed by atoms with Crippen LogP contribution in [0.1, 0.15) is 5.56 Å². The van der Waals surface area contributed by atoms with Gasteiger partial charge in [-0.3, -0.25) is 0 Å². The Bertz CT molecular complexity index is 594. The van der Waals surface area contributed by atoms with Crippen LogP contribution in [0.4, 0.5) is 4.39 Å². The molecule has 0 radical (unpaired) electrons. The van der Waals surface area contributed by atoms with E-state index in [1.54, 1.807) is 24.3 Å². The standard InChI is InChI=1S/C15H14ClFO5/c16-6-5-12-13(18)14(15(19)22-12)21-9-10-1-3-11(4-2-10)20-8-7-17/h1-5,18H,6-9H2. The number of cyclic esters (lactones) is 1. The minimum Gasteiger partial charge on any atom is -0.501 e. The van der Waals surface area contributed by atoms with Crippen molar-refractivity contribution >= 4 is 17.6 Å². The molecule has 1 N–H and O–H groups in total. The summed E-state index contributed by atoms with van der Waals surface area (Å²) in [7, 11) is 0. The van der Waals surface area contributed by atoms with Crippen molar-refractivity contribution in [2.75, 3.05) is 19.2 Å². The molecule has 0 unspecified atom stereocenters. The molecule has 0 spiro atoms. The van der Waals surface area contributed by atoms with Gasteiger partial charge in [0.05, 0.1) is 0 Å². The average molecular weight is 329 g/mol. The lowest BCUT2D eigenvalue weighted by Crippen LogP contribution is -2.04. The van der Waals surface area contributed by atoms with Crippen LogP contribution in [-0.4, -0.2) is 30.2 Å². The highest BCUT2D eigenvalue weighted by atomic mass is 35.5. The number of hydrogen-bond acceptors (Lipinski definition) is 5. The largest absolute Gasteiger partial charge is 0.501 e. The lowest BCUT2D eigenvalue weighted by atomic mass is 10.2. The Labute approximate surface area is 131 Å². The Balaban J connectivity index is 1.97. The first-order valence-electron chi connectivity index (χ1n) is 6.48. The topological polar surface area (TPSA) is 65.0 Å². The van der Waals surface area contributed by atoms with Gasteiger partial charge in [-0.25, -0.2) is 9.18 Å². The minimum atomic E-state index is -0.767. The number of aliphatic hydroxyl groups excluding tert-OH is 1. The van der Waals surface area contributed by atoms with E-state index in [9.17, 15) is 14.3 Å². The maximum atomic E-state index is 12.0. The van der Waals surface area contributed by atoms with Crippen LogP contribution in [0.15, 0.2) is 47.6 Å². The summed E-state index contributed by atoms with van der Waals surface area (Å²) in [5.41, 5.74) is 0.746. The highest BCUT2D eigenvalue weighted by molar-refractivity contribution is 6.19. The minimum absolute atomic E-state index is 0.00186. The van der Waals surface area contributed by atoms with E-state index in [2.05, 4.69) is 0 Å². The Hall–Kier alpha value is -2.21. The number of rotatable bonds is 7. The second-order valence-electron chi connectivity index (χ2n) is 4.26. The van der Waals surface area contributed by atoms with Crippen LogP contribution in [0.3, 0.4) is 0 Å². The lowest BCUT2D eigenvalue weighted by molar-refractivity contribution is -0.136. The molecule has 5 nitrogen and oxygen atoms in total. The number of alkyl halides is 2. The Morgan fingerprint density at radius 2 is 2.00 bits per heavy atom. The number of hydrogen-bond donors (Lipinski definition) is 1. The van der Waals surface area contributed by atoms with Crippen molar-refractivity contribution in [1.82, 2.24) is 0 Å². The number of carbonyl (C=O) groups excluding carboxylic acids is 1. The zero-order valence-corrected chi connectivity index (χ0v) is 12.3. The molecule has 118 valence electrons. The first-order chi connectivity index (χ1) is 10.7. The molecule has 0 atom stereocenters. The summed E-state index contributed by atoms with van der Waals surface area (Å²) in [5, 5.41) is 9.80. The number of benzene rings is 1. The second kappa shape index (κ2) is 7.70. The number of ether oxygens (including phenoxy) is 3. The molecular formula is C15H14ClFO5. The van der Waals surface area contributed by atoms with E-state index in [-0.39, 0.29) is 36.4 Å². The number of halogens is 2. The van der Waals surface area contributed by atoms with Crippen molar-refractivity contribution in [3.63, 3.8) is 0 Å². The summed E-state index contributed by atoms with van der Waals surface area (Å²) in [5.74, 6) is -0.763. The molecule has 1 aromatic rings. The van der Waals surface area contributed by atoms with Gasteiger partial charge in [-0.15, -0.1) is 11.6 Å². The molecule has 2 rings (SSSR count). The highest BCUT2D eigenvalue weighted by Gasteiger charge is 2.31. The summed E-state index contributed by atoms with van der Waals surface area (Å²) in [6.07, 6.45) is 1.36. The zero-order valence-electron chi connectivity index (χ0n) is 11.6. The number of aliphatic hydroxyl groups is 1. The quantitative estimate of drug-likeness (QED) is 0.615. The molecule has 0 aliphatic carbocycles. The molecule has 22 heavy (non-hydrogen) atoms. The normalized spacial score (nSPS) is 16.1. The third kappa shape index (κ3) is 3.92. The fourth-order valence-electron chi connectivity index (χ4n) is 1.73. The van der Waals surface area contributed by atoms with Crippen LogP contribution >= 0.6 is 11.6 Å². The van der Waals surface area contributed by atoms with Gasteiger partial charge in [-0.2, -0.15) is 0 Å². The first kappa shape index (κ1) is 16.2. The van der Waals surface area contributed by atoms with E-state index in [1.165, 1.54) is 6.08 Å². The van der Waals surface area contributed by atoms with Gasteiger partial charge < -0.3 is 19.3 Å². The van der Waals surface area contributed by atoms with Gasteiger partial charge in [0.1, 0.15) is 25.6 Å². The Morgan fingerprint density at radius 1 is 1.27 bits per heavy atom. The molecule has 1 aliphatic heterocycles. The third-order valence-corrected chi connectivity index (χ3v) is 2.91. The van der Waals surface area contributed by atoms with Crippen molar-refractivity contribution in [2.45, 2.75) is 6.61 Å². The van der Waals surface area contributed by atoms with Crippen LogP contribution in [0.25, 0.3) is 0 Å². The van der Waals surface area contributed by atoms with Crippen LogP contribution in [-0.2, 0) is 20.9 Å². The zero-order chi connectivity index (χ0) is 15.9. The van der Waals surface area contributed by atoms with Crippen molar-refractivity contribution in [2.24, 2.45) is 0 Å². The Kier molecular flexibility index (Phi) is 5.66. The van der Waals surface area contributed by atoms with Crippen molar-refractivity contribution in [3.8, 4) is 5.75 Å². The maximum Gasteiger partial charge on any atom is 0.383 e. The van der Waals surface area contributed by atoms with Crippen molar-refractivity contribution in [3.05, 3.63) is 53.2 Å². The van der Waals surface area contributed by atoms with Gasteiger partial charge >= 0.3 is 5.97 Å². The average Bonchev–Trinajstić information content (AvgIpc) is 2.79. The summed E-state index contributed by atoms with van der Waals surface area (Å²) in [6, 6.07) is 6.74. The molecule has 1 aliphatic rings. The summed E-state index contributed by atoms with van der Waals surface area (Å²) in [4.78, 5) is 11.6. The van der Waals surface area contributed by atoms with E-state index >= 15 is 0 Å². The second-order valence-corrected chi connectivity index (χ2v) is 4.57. The molecule has 0 saturated heterocycles. The monoisotopic (exact) mass is 328 g/mol. The fraction of sp³-hybridized carbons (Fsp3) is 0.267. The van der Waals surface area contributed by atoms with Crippen LogP contribution in [0.5, 0.6) is 5.75 Å². The van der Waals surface area contributed by atoms with Crippen LogP contribution < -0.4 is 4.74 Å². The molecule has 0 fully saturated rings. The first-order valence-corrected chi connectivity index (χ1v) is 7.01. The number of esters is 1. The lowest BCUT2D eigenvalue weighted by Gasteiger charge is -2.07. The molecule has 0 aromatic heterocycles. The van der Waals surface area contributed by atoms with E-state index in [1.807, 2.05) is 0 Å². The molecule has 0 saturated carbocycles. The molecule has 0 amide bonds. The summed E-state index contributed by atoms with van der Waals surface area (Å²) < 4.78 is 27.2. The summed E-state index contributed by atoms with van der Waals surface area (Å²) >= 11 is 5.49. The molecule has 0 bridgehead atoms. The summed E-state index contributed by atoms with van der Waals surface area (Å²) in [6.45, 7) is -0.497. The molecule has 7 heteroatoms. The van der Waals surface area contributed by atoms with Crippen molar-refractivity contribution in [1.29, 1.82) is 0 Å². The van der Waals surface area contributed by atoms with E-state index < -0.39 is 12.6 Å². The molecule has 1 heterocycles. The predicted octanol–water partition coefficient (Wildman–Crippen LogP) is 3.00. The van der Waals surface area contributed by atoms with Crippen molar-refractivity contribution < 1.29 is 28.5 Å². The van der Waals surface area contributed by atoms with Gasteiger partial charge in [-0.1, -0.05) is 12.1 Å². The van der Waals surface area contributed by atoms with Crippen LogP contribution in [0, 0.1) is 0 Å². The fourth-order valence-corrected chi connectivity index (χ4v) is 1.87. The third-order valence-electron chi connectivity index (χ3n) is 2.75. The van der Waals surface area contributed by atoms with E-state index in [0.717, 1.165) is 5.56 Å². The van der Waals surface area contributed by atoms with E-state index in [4.69, 9.17) is 25.8 Å². The molecular weight excluding hydrogens is 315 g/mol. The molecule has 1 aromatic carbocycles.